The molecule has 0 radical (unpaired) electrons. The summed E-state index contributed by atoms with van der Waals surface area (Å²) in [6.45, 7) is 6.40. The molecule has 110 valence electrons. The first-order chi connectivity index (χ1) is 9.88. The van der Waals surface area contributed by atoms with E-state index in [9.17, 15) is 9.59 Å². The van der Waals surface area contributed by atoms with E-state index in [1.165, 1.54) is 11.6 Å². The molecule has 0 saturated heterocycles. The van der Waals surface area contributed by atoms with Crippen molar-refractivity contribution in [1.82, 2.24) is 5.32 Å². The van der Waals surface area contributed by atoms with Crippen LogP contribution in [0.5, 0.6) is 0 Å². The summed E-state index contributed by atoms with van der Waals surface area (Å²) >= 11 is 0. The Balaban J connectivity index is 2.09. The second kappa shape index (κ2) is 5.83. The van der Waals surface area contributed by atoms with Crippen LogP contribution in [0.1, 0.15) is 43.2 Å². The fourth-order valence-electron chi connectivity index (χ4n) is 2.31. The molecule has 0 fully saturated rings. The van der Waals surface area contributed by atoms with Crippen LogP contribution in [-0.4, -0.2) is 17.0 Å². The van der Waals surface area contributed by atoms with Crippen molar-refractivity contribution in [3.8, 4) is 0 Å². The largest absolute Gasteiger partial charge is 0.478 e. The number of carboxylic acid groups (broad SMARTS) is 1. The molecule has 1 amide bonds. The number of rotatable bonds is 4. The molecule has 0 spiro atoms. The highest BCUT2D eigenvalue weighted by atomic mass is 16.4. The number of furan rings is 1. The number of nitrogens with one attached hydrogen (secondary N) is 1. The van der Waals surface area contributed by atoms with Gasteiger partial charge < -0.3 is 14.8 Å². The first kappa shape index (κ1) is 14.8. The van der Waals surface area contributed by atoms with Crippen LogP contribution >= 0.6 is 0 Å². The zero-order valence-electron chi connectivity index (χ0n) is 12.2. The average Bonchev–Trinajstić information content (AvgIpc) is 2.86. The van der Waals surface area contributed by atoms with Crippen LogP contribution in [0.25, 0.3) is 0 Å². The Kier molecular flexibility index (Phi) is 4.12. The molecule has 0 unspecified atom stereocenters. The molecule has 2 aromatic rings. The molecule has 0 aliphatic rings. The number of amides is 1. The first-order valence-electron chi connectivity index (χ1n) is 6.55. The standard InChI is InChI=1S/C16H17NO4/c1-9-4-10(2)13(11(3)5-9)7-17-15(18)14-6-12(8-21-14)16(19)20/h4-6,8H,7H2,1-3H3,(H,17,18)(H,19,20). The van der Waals surface area contributed by atoms with Crippen molar-refractivity contribution in [1.29, 1.82) is 0 Å². The first-order valence-corrected chi connectivity index (χ1v) is 6.55. The van der Waals surface area contributed by atoms with Crippen LogP contribution in [0.2, 0.25) is 0 Å². The van der Waals surface area contributed by atoms with Gasteiger partial charge in [0.25, 0.3) is 5.91 Å². The fraction of sp³-hybridized carbons (Fsp3) is 0.250. The van der Waals surface area contributed by atoms with Crippen LogP contribution in [-0.2, 0) is 6.54 Å². The van der Waals surface area contributed by atoms with E-state index in [1.54, 1.807) is 0 Å². The molecule has 0 saturated carbocycles. The van der Waals surface area contributed by atoms with Gasteiger partial charge in [-0.1, -0.05) is 17.7 Å². The molecular weight excluding hydrogens is 270 g/mol. The number of aromatic carboxylic acids is 1. The summed E-state index contributed by atoms with van der Waals surface area (Å²) in [6.07, 6.45) is 1.06. The smallest absolute Gasteiger partial charge is 0.338 e. The van der Waals surface area contributed by atoms with E-state index >= 15 is 0 Å². The van der Waals surface area contributed by atoms with E-state index in [-0.39, 0.29) is 11.3 Å². The van der Waals surface area contributed by atoms with Crippen molar-refractivity contribution in [2.45, 2.75) is 27.3 Å². The summed E-state index contributed by atoms with van der Waals surface area (Å²) in [6, 6.07) is 5.33. The Morgan fingerprint density at radius 3 is 2.29 bits per heavy atom. The van der Waals surface area contributed by atoms with Crippen molar-refractivity contribution in [3.05, 3.63) is 58.0 Å². The summed E-state index contributed by atoms with van der Waals surface area (Å²) in [5.74, 6) is -1.56. The van der Waals surface area contributed by atoms with Crippen LogP contribution < -0.4 is 5.32 Å². The van der Waals surface area contributed by atoms with Crippen molar-refractivity contribution >= 4 is 11.9 Å². The zero-order chi connectivity index (χ0) is 15.6. The molecule has 0 bridgehead atoms. The SMILES string of the molecule is Cc1cc(C)c(CNC(=O)c2cc(C(=O)O)co2)c(C)c1. The van der Waals surface area contributed by atoms with Gasteiger partial charge in [-0.25, -0.2) is 4.79 Å². The van der Waals surface area contributed by atoms with Gasteiger partial charge in [0.1, 0.15) is 6.26 Å². The number of carbonyl (C=O) groups excluding carboxylic acids is 1. The molecule has 21 heavy (non-hydrogen) atoms. The third-order valence-electron chi connectivity index (χ3n) is 3.34. The Morgan fingerprint density at radius 2 is 1.76 bits per heavy atom. The molecule has 0 atom stereocenters. The summed E-state index contributed by atoms with van der Waals surface area (Å²) in [4.78, 5) is 22.7. The maximum Gasteiger partial charge on any atom is 0.338 e. The van der Waals surface area contributed by atoms with Gasteiger partial charge in [0.15, 0.2) is 5.76 Å². The lowest BCUT2D eigenvalue weighted by atomic mass is 10.00. The molecule has 0 aliphatic heterocycles. The molecule has 1 aromatic carbocycles. The molecule has 0 aliphatic carbocycles. The summed E-state index contributed by atoms with van der Waals surface area (Å²) in [5.41, 5.74) is 4.41. The Hall–Kier alpha value is -2.56. The summed E-state index contributed by atoms with van der Waals surface area (Å²) in [5, 5.41) is 11.5. The maximum atomic E-state index is 11.9. The predicted octanol–water partition coefficient (Wildman–Crippen LogP) is 2.83. The van der Waals surface area contributed by atoms with Crippen molar-refractivity contribution in [2.24, 2.45) is 0 Å². The average molecular weight is 287 g/mol. The van der Waals surface area contributed by atoms with Gasteiger partial charge in [-0.05, 0) is 37.5 Å². The number of carboxylic acids is 1. The highest BCUT2D eigenvalue weighted by Crippen LogP contribution is 2.16. The van der Waals surface area contributed by atoms with E-state index in [1.807, 2.05) is 20.8 Å². The topological polar surface area (TPSA) is 79.5 Å². The number of aryl methyl sites for hydroxylation is 3. The fourth-order valence-corrected chi connectivity index (χ4v) is 2.31. The van der Waals surface area contributed by atoms with Crippen LogP contribution in [0.3, 0.4) is 0 Å². The lowest BCUT2D eigenvalue weighted by Crippen LogP contribution is -2.23. The molecule has 1 aromatic heterocycles. The molecule has 2 rings (SSSR count). The molecule has 2 N–H and O–H groups in total. The van der Waals surface area contributed by atoms with Gasteiger partial charge in [-0.3, -0.25) is 4.79 Å². The minimum atomic E-state index is -1.12. The van der Waals surface area contributed by atoms with E-state index in [0.29, 0.717) is 6.54 Å². The minimum absolute atomic E-state index is 0.00480. The van der Waals surface area contributed by atoms with E-state index in [2.05, 4.69) is 17.4 Å². The van der Waals surface area contributed by atoms with Gasteiger partial charge in [-0.15, -0.1) is 0 Å². The Bertz CT molecular complexity index is 677. The van der Waals surface area contributed by atoms with Crippen LogP contribution in [0, 0.1) is 20.8 Å². The van der Waals surface area contributed by atoms with E-state index in [4.69, 9.17) is 9.52 Å². The highest BCUT2D eigenvalue weighted by Gasteiger charge is 2.15. The summed E-state index contributed by atoms with van der Waals surface area (Å²) in [7, 11) is 0. The van der Waals surface area contributed by atoms with Gasteiger partial charge in [0, 0.05) is 12.6 Å². The number of hydrogen-bond donors (Lipinski definition) is 2. The maximum absolute atomic E-state index is 11.9. The summed E-state index contributed by atoms with van der Waals surface area (Å²) < 4.78 is 4.96. The molecule has 1 heterocycles. The second-order valence-corrected chi connectivity index (χ2v) is 5.06. The predicted molar refractivity (Wildman–Crippen MR) is 77.5 cm³/mol. The normalized spacial score (nSPS) is 10.4. The third-order valence-corrected chi connectivity index (χ3v) is 3.34. The Morgan fingerprint density at radius 1 is 1.14 bits per heavy atom. The lowest BCUT2D eigenvalue weighted by Gasteiger charge is -2.11. The van der Waals surface area contributed by atoms with Crippen molar-refractivity contribution < 1.29 is 19.1 Å². The van der Waals surface area contributed by atoms with E-state index < -0.39 is 11.9 Å². The quantitative estimate of drug-likeness (QED) is 0.906. The van der Waals surface area contributed by atoms with E-state index in [0.717, 1.165) is 23.0 Å². The van der Waals surface area contributed by atoms with Gasteiger partial charge in [-0.2, -0.15) is 0 Å². The molecule has 5 nitrogen and oxygen atoms in total. The number of carbonyl (C=O) groups is 2. The van der Waals surface area contributed by atoms with Crippen molar-refractivity contribution in [3.63, 3.8) is 0 Å². The second-order valence-electron chi connectivity index (χ2n) is 5.06. The number of benzene rings is 1. The van der Waals surface area contributed by atoms with Gasteiger partial charge in [0.05, 0.1) is 5.56 Å². The van der Waals surface area contributed by atoms with Gasteiger partial charge in [0.2, 0.25) is 0 Å². The minimum Gasteiger partial charge on any atom is -0.478 e. The monoisotopic (exact) mass is 287 g/mol. The zero-order valence-corrected chi connectivity index (χ0v) is 12.2. The third kappa shape index (κ3) is 3.31. The highest BCUT2D eigenvalue weighted by molar-refractivity contribution is 5.95. The van der Waals surface area contributed by atoms with Crippen LogP contribution in [0.4, 0.5) is 0 Å². The van der Waals surface area contributed by atoms with Crippen molar-refractivity contribution in [2.75, 3.05) is 0 Å². The van der Waals surface area contributed by atoms with Crippen LogP contribution in [0.15, 0.2) is 28.9 Å². The van der Waals surface area contributed by atoms with Gasteiger partial charge >= 0.3 is 5.97 Å². The molecular formula is C16H17NO4. The number of hydrogen-bond acceptors (Lipinski definition) is 3. The lowest BCUT2D eigenvalue weighted by molar-refractivity contribution is 0.0696. The molecule has 5 heteroatoms. The Labute approximate surface area is 122 Å².